The lowest BCUT2D eigenvalue weighted by Crippen LogP contribution is -2.08. The van der Waals surface area contributed by atoms with Gasteiger partial charge < -0.3 is 10.5 Å². The molecular weight excluding hydrogens is 266 g/mol. The van der Waals surface area contributed by atoms with Crippen LogP contribution in [0.25, 0.3) is 0 Å². The molecule has 0 amide bonds. The molecule has 0 aliphatic rings. The van der Waals surface area contributed by atoms with E-state index in [2.05, 4.69) is 6.92 Å². The van der Waals surface area contributed by atoms with Crippen LogP contribution in [0.2, 0.25) is 5.02 Å². The van der Waals surface area contributed by atoms with Crippen molar-refractivity contribution in [2.24, 2.45) is 5.73 Å². The average Bonchev–Trinajstić information content (AvgIpc) is 2.31. The minimum absolute atomic E-state index is 0.559. The van der Waals surface area contributed by atoms with Crippen LogP contribution in [0.5, 0.6) is 5.75 Å². The van der Waals surface area contributed by atoms with Crippen molar-refractivity contribution in [2.45, 2.75) is 39.5 Å². The van der Waals surface area contributed by atoms with Crippen molar-refractivity contribution in [1.82, 2.24) is 0 Å². The first kappa shape index (κ1) is 15.3. The third-order valence-electron chi connectivity index (χ3n) is 2.67. The highest BCUT2D eigenvalue weighted by Crippen LogP contribution is 2.28. The molecule has 2 N–H and O–H groups in total. The van der Waals surface area contributed by atoms with E-state index in [1.54, 1.807) is 0 Å². The molecule has 0 bridgehead atoms. The van der Waals surface area contributed by atoms with Crippen LogP contribution in [0.4, 0.5) is 0 Å². The first-order chi connectivity index (χ1) is 8.54. The van der Waals surface area contributed by atoms with Crippen LogP contribution in [-0.4, -0.2) is 11.6 Å². The number of nitrogens with two attached hydrogens (primary N) is 1. The van der Waals surface area contributed by atoms with Gasteiger partial charge in [-0.2, -0.15) is 0 Å². The summed E-state index contributed by atoms with van der Waals surface area (Å²) in [6, 6.07) is 4.00. The number of halogens is 1. The highest BCUT2D eigenvalue weighted by molar-refractivity contribution is 7.80. The minimum Gasteiger partial charge on any atom is -0.493 e. The summed E-state index contributed by atoms with van der Waals surface area (Å²) in [6.07, 6.45) is 3.57. The van der Waals surface area contributed by atoms with E-state index in [4.69, 9.17) is 34.3 Å². The van der Waals surface area contributed by atoms with Gasteiger partial charge in [-0.05, 0) is 55.9 Å². The van der Waals surface area contributed by atoms with Gasteiger partial charge in [-0.3, -0.25) is 0 Å². The van der Waals surface area contributed by atoms with Gasteiger partial charge in [-0.1, -0.05) is 30.7 Å². The summed E-state index contributed by atoms with van der Waals surface area (Å²) < 4.78 is 5.76. The van der Waals surface area contributed by atoms with Crippen LogP contribution in [0.1, 0.15) is 37.3 Å². The summed E-state index contributed by atoms with van der Waals surface area (Å²) in [6.45, 7) is 4.80. The van der Waals surface area contributed by atoms with Crippen molar-refractivity contribution < 1.29 is 4.74 Å². The van der Waals surface area contributed by atoms with Gasteiger partial charge in [0.15, 0.2) is 0 Å². The fraction of sp³-hybridized carbons (Fsp3) is 0.500. The van der Waals surface area contributed by atoms with E-state index in [0.717, 1.165) is 54.2 Å². The van der Waals surface area contributed by atoms with E-state index < -0.39 is 0 Å². The molecule has 0 radical (unpaired) electrons. The molecule has 0 aromatic heterocycles. The largest absolute Gasteiger partial charge is 0.493 e. The van der Waals surface area contributed by atoms with Crippen molar-refractivity contribution >= 4 is 28.8 Å². The van der Waals surface area contributed by atoms with Crippen molar-refractivity contribution in [3.05, 3.63) is 28.3 Å². The van der Waals surface area contributed by atoms with Crippen molar-refractivity contribution in [1.29, 1.82) is 0 Å². The lowest BCUT2D eigenvalue weighted by molar-refractivity contribution is 0.314. The third-order valence-corrected chi connectivity index (χ3v) is 3.28. The maximum absolute atomic E-state index is 6.16. The third kappa shape index (κ3) is 4.83. The predicted molar refractivity (Wildman–Crippen MR) is 81.7 cm³/mol. The van der Waals surface area contributed by atoms with Gasteiger partial charge in [0.2, 0.25) is 0 Å². The summed E-state index contributed by atoms with van der Waals surface area (Å²) in [5, 5.41) is 0.782. The molecule has 0 fully saturated rings. The van der Waals surface area contributed by atoms with Gasteiger partial charge in [0.05, 0.1) is 11.6 Å². The molecule has 0 spiro atoms. The lowest BCUT2D eigenvalue weighted by atomic mass is 10.0. The van der Waals surface area contributed by atoms with Gasteiger partial charge in [0.1, 0.15) is 5.75 Å². The fourth-order valence-corrected chi connectivity index (χ4v) is 2.02. The van der Waals surface area contributed by atoms with Gasteiger partial charge >= 0.3 is 0 Å². The predicted octanol–water partition coefficient (Wildman–Crippen LogP) is 4.05. The molecule has 1 rings (SSSR count). The molecule has 1 aromatic rings. The van der Waals surface area contributed by atoms with Gasteiger partial charge in [0, 0.05) is 5.02 Å². The molecule has 0 saturated heterocycles. The number of benzene rings is 1. The molecule has 0 aliphatic heterocycles. The zero-order valence-corrected chi connectivity index (χ0v) is 12.5. The van der Waals surface area contributed by atoms with Crippen LogP contribution in [0, 0.1) is 6.92 Å². The van der Waals surface area contributed by atoms with Gasteiger partial charge in [-0.15, -0.1) is 0 Å². The van der Waals surface area contributed by atoms with E-state index in [9.17, 15) is 0 Å². The summed E-state index contributed by atoms with van der Waals surface area (Å²) in [4.78, 5) is 0.559. The number of hydrogen-bond acceptors (Lipinski definition) is 2. The lowest BCUT2D eigenvalue weighted by Gasteiger charge is -2.13. The SMILES string of the molecule is CCCOc1cc(C)c(Cl)cc1CCCC(N)=S. The van der Waals surface area contributed by atoms with Crippen LogP contribution >= 0.6 is 23.8 Å². The number of aryl methyl sites for hydroxylation is 2. The molecule has 0 unspecified atom stereocenters. The summed E-state index contributed by atoms with van der Waals surface area (Å²) >= 11 is 11.0. The topological polar surface area (TPSA) is 35.2 Å². The first-order valence-electron chi connectivity index (χ1n) is 6.24. The smallest absolute Gasteiger partial charge is 0.122 e. The van der Waals surface area contributed by atoms with E-state index in [1.165, 1.54) is 0 Å². The highest BCUT2D eigenvalue weighted by atomic mass is 35.5. The molecule has 0 saturated carbocycles. The second-order valence-electron chi connectivity index (χ2n) is 4.38. The fourth-order valence-electron chi connectivity index (χ4n) is 1.69. The van der Waals surface area contributed by atoms with Crippen LogP contribution in [0.3, 0.4) is 0 Å². The van der Waals surface area contributed by atoms with Crippen LogP contribution in [-0.2, 0) is 6.42 Å². The van der Waals surface area contributed by atoms with Gasteiger partial charge in [-0.25, -0.2) is 0 Å². The average molecular weight is 286 g/mol. The number of hydrogen-bond donors (Lipinski definition) is 1. The summed E-state index contributed by atoms with van der Waals surface area (Å²) in [5.41, 5.74) is 7.68. The highest BCUT2D eigenvalue weighted by Gasteiger charge is 2.08. The standard InChI is InChI=1S/C14H20ClNOS/c1-3-7-17-13-8-10(2)12(15)9-11(13)5-4-6-14(16)18/h8-9H,3-7H2,1-2H3,(H2,16,18). The molecule has 0 aliphatic carbocycles. The Kier molecular flexibility index (Phi) is 6.44. The number of ether oxygens (including phenoxy) is 1. The zero-order chi connectivity index (χ0) is 13.5. The monoisotopic (exact) mass is 285 g/mol. The summed E-state index contributed by atoms with van der Waals surface area (Å²) in [7, 11) is 0. The molecular formula is C14H20ClNOS. The minimum atomic E-state index is 0.559. The Hall–Kier alpha value is -0.800. The van der Waals surface area contributed by atoms with Crippen molar-refractivity contribution in [2.75, 3.05) is 6.61 Å². The summed E-state index contributed by atoms with van der Waals surface area (Å²) in [5.74, 6) is 0.932. The number of thiocarbonyl (C=S) groups is 1. The zero-order valence-electron chi connectivity index (χ0n) is 11.0. The van der Waals surface area contributed by atoms with Crippen LogP contribution in [0.15, 0.2) is 12.1 Å². The maximum Gasteiger partial charge on any atom is 0.122 e. The second kappa shape index (κ2) is 7.59. The molecule has 4 heteroatoms. The molecule has 1 aromatic carbocycles. The molecule has 18 heavy (non-hydrogen) atoms. The Morgan fingerprint density at radius 3 is 2.78 bits per heavy atom. The first-order valence-corrected chi connectivity index (χ1v) is 7.03. The Morgan fingerprint density at radius 1 is 1.44 bits per heavy atom. The van der Waals surface area contributed by atoms with E-state index in [1.807, 2.05) is 19.1 Å². The Labute approximate surface area is 119 Å². The Bertz CT molecular complexity index is 421. The van der Waals surface area contributed by atoms with Gasteiger partial charge in [0.25, 0.3) is 0 Å². The number of rotatable bonds is 7. The van der Waals surface area contributed by atoms with Crippen LogP contribution < -0.4 is 10.5 Å². The van der Waals surface area contributed by atoms with Crippen molar-refractivity contribution in [3.8, 4) is 5.75 Å². The molecule has 2 nitrogen and oxygen atoms in total. The quantitative estimate of drug-likeness (QED) is 0.768. The normalized spacial score (nSPS) is 10.4. The molecule has 100 valence electrons. The van der Waals surface area contributed by atoms with E-state index >= 15 is 0 Å². The maximum atomic E-state index is 6.16. The Balaban J connectivity index is 2.78. The molecule has 0 heterocycles. The Morgan fingerprint density at radius 2 is 2.17 bits per heavy atom. The molecule has 0 atom stereocenters. The van der Waals surface area contributed by atoms with E-state index in [0.29, 0.717) is 4.99 Å². The van der Waals surface area contributed by atoms with E-state index in [-0.39, 0.29) is 0 Å². The second-order valence-corrected chi connectivity index (χ2v) is 5.31. The van der Waals surface area contributed by atoms with Crippen molar-refractivity contribution in [3.63, 3.8) is 0 Å².